The Hall–Kier alpha value is -0.570. The summed E-state index contributed by atoms with van der Waals surface area (Å²) in [5.41, 5.74) is 0. The molecule has 0 spiro atoms. The van der Waals surface area contributed by atoms with Crippen molar-refractivity contribution in [1.82, 2.24) is 10.6 Å². The fourth-order valence-corrected chi connectivity index (χ4v) is 3.25. The molecule has 0 radical (unpaired) electrons. The van der Waals surface area contributed by atoms with Crippen molar-refractivity contribution in [3.05, 3.63) is 0 Å². The van der Waals surface area contributed by atoms with Crippen molar-refractivity contribution in [2.24, 2.45) is 5.92 Å². The van der Waals surface area contributed by atoms with Crippen LogP contribution in [0, 0.1) is 5.92 Å². The van der Waals surface area contributed by atoms with Crippen LogP contribution in [0.25, 0.3) is 0 Å². The van der Waals surface area contributed by atoms with Gasteiger partial charge in [0.2, 0.25) is 5.91 Å². The van der Waals surface area contributed by atoms with Gasteiger partial charge in [0, 0.05) is 6.04 Å². The van der Waals surface area contributed by atoms with E-state index in [9.17, 15) is 4.79 Å². The summed E-state index contributed by atoms with van der Waals surface area (Å²) >= 11 is 0. The first-order valence-corrected chi connectivity index (χ1v) is 7.35. The molecule has 2 aliphatic rings. The largest absolute Gasteiger partial charge is 0.352 e. The van der Waals surface area contributed by atoms with Crippen molar-refractivity contribution in [3.63, 3.8) is 0 Å². The van der Waals surface area contributed by atoms with E-state index in [1.807, 2.05) is 0 Å². The molecule has 2 N–H and O–H groups in total. The lowest BCUT2D eigenvalue weighted by Crippen LogP contribution is -2.51. The number of rotatable bonds is 3. The zero-order valence-corrected chi connectivity index (χ0v) is 11.0. The first kappa shape index (κ1) is 12.9. The zero-order valence-electron chi connectivity index (χ0n) is 11.0. The van der Waals surface area contributed by atoms with Crippen LogP contribution in [0.2, 0.25) is 0 Å². The van der Waals surface area contributed by atoms with Gasteiger partial charge >= 0.3 is 0 Å². The predicted octanol–water partition coefficient (Wildman–Crippen LogP) is 2.21. The number of nitrogens with one attached hydrogen (secondary N) is 2. The van der Waals surface area contributed by atoms with Crippen molar-refractivity contribution in [3.8, 4) is 0 Å². The zero-order chi connectivity index (χ0) is 12.1. The summed E-state index contributed by atoms with van der Waals surface area (Å²) in [7, 11) is 0. The molecule has 0 aromatic heterocycles. The Morgan fingerprint density at radius 3 is 2.65 bits per heavy atom. The number of hydrogen-bond acceptors (Lipinski definition) is 2. The lowest BCUT2D eigenvalue weighted by molar-refractivity contribution is -0.125. The summed E-state index contributed by atoms with van der Waals surface area (Å²) in [6, 6.07) is 0.508. The predicted molar refractivity (Wildman–Crippen MR) is 69.8 cm³/mol. The molecule has 17 heavy (non-hydrogen) atoms. The van der Waals surface area contributed by atoms with Gasteiger partial charge < -0.3 is 10.6 Å². The van der Waals surface area contributed by atoms with E-state index in [4.69, 9.17) is 0 Å². The van der Waals surface area contributed by atoms with Gasteiger partial charge in [0.1, 0.15) is 0 Å². The summed E-state index contributed by atoms with van der Waals surface area (Å²) in [4.78, 5) is 12.2. The first-order chi connectivity index (χ1) is 8.31. The van der Waals surface area contributed by atoms with E-state index in [1.54, 1.807) is 0 Å². The monoisotopic (exact) mass is 238 g/mol. The van der Waals surface area contributed by atoms with E-state index in [1.165, 1.54) is 44.9 Å². The molecule has 2 fully saturated rings. The molecular weight excluding hydrogens is 212 g/mol. The summed E-state index contributed by atoms with van der Waals surface area (Å²) in [6.07, 6.45) is 9.69. The van der Waals surface area contributed by atoms with Gasteiger partial charge in [0.05, 0.1) is 6.04 Å². The van der Waals surface area contributed by atoms with E-state index in [2.05, 4.69) is 17.6 Å². The summed E-state index contributed by atoms with van der Waals surface area (Å²) < 4.78 is 0. The summed E-state index contributed by atoms with van der Waals surface area (Å²) in [6.45, 7) is 3.24. The molecule has 98 valence electrons. The quantitative estimate of drug-likeness (QED) is 0.791. The van der Waals surface area contributed by atoms with Gasteiger partial charge in [-0.25, -0.2) is 0 Å². The Bertz CT molecular complexity index is 249. The van der Waals surface area contributed by atoms with E-state index in [0.717, 1.165) is 13.0 Å². The highest BCUT2D eigenvalue weighted by Crippen LogP contribution is 2.26. The van der Waals surface area contributed by atoms with Gasteiger partial charge in [0.15, 0.2) is 0 Å². The molecule has 2 unspecified atom stereocenters. The second-order valence-corrected chi connectivity index (χ2v) is 5.57. The molecule has 3 nitrogen and oxygen atoms in total. The Balaban J connectivity index is 1.83. The molecule has 1 amide bonds. The number of amides is 1. The second-order valence-electron chi connectivity index (χ2n) is 5.57. The average molecular weight is 238 g/mol. The minimum atomic E-state index is 0.0724. The van der Waals surface area contributed by atoms with Crippen LogP contribution < -0.4 is 10.6 Å². The van der Waals surface area contributed by atoms with Gasteiger partial charge in [-0.1, -0.05) is 32.6 Å². The van der Waals surface area contributed by atoms with E-state index in [0.29, 0.717) is 12.0 Å². The maximum atomic E-state index is 12.2. The Kier molecular flexibility index (Phi) is 4.84. The maximum absolute atomic E-state index is 12.2. The van der Waals surface area contributed by atoms with Crippen LogP contribution in [0.1, 0.15) is 58.3 Å². The Labute approximate surface area is 105 Å². The van der Waals surface area contributed by atoms with Crippen molar-refractivity contribution in [1.29, 1.82) is 0 Å². The number of hydrogen-bond donors (Lipinski definition) is 2. The van der Waals surface area contributed by atoms with Crippen LogP contribution >= 0.6 is 0 Å². The van der Waals surface area contributed by atoms with Gasteiger partial charge in [-0.2, -0.15) is 0 Å². The van der Waals surface area contributed by atoms with Crippen LogP contribution in [0.3, 0.4) is 0 Å². The smallest absolute Gasteiger partial charge is 0.237 e. The van der Waals surface area contributed by atoms with E-state index in [-0.39, 0.29) is 11.9 Å². The highest BCUT2D eigenvalue weighted by molar-refractivity contribution is 5.82. The molecule has 0 aromatic rings. The fourth-order valence-electron chi connectivity index (χ4n) is 3.25. The van der Waals surface area contributed by atoms with Crippen molar-refractivity contribution < 1.29 is 4.79 Å². The third-order valence-corrected chi connectivity index (χ3v) is 4.39. The third-order valence-electron chi connectivity index (χ3n) is 4.39. The minimum Gasteiger partial charge on any atom is -0.352 e. The minimum absolute atomic E-state index is 0.0724. The molecule has 1 aliphatic carbocycles. The molecule has 1 heterocycles. The van der Waals surface area contributed by atoms with Crippen LogP contribution in [0.5, 0.6) is 0 Å². The van der Waals surface area contributed by atoms with Crippen LogP contribution in [-0.2, 0) is 4.79 Å². The fraction of sp³-hybridized carbons (Fsp3) is 0.929. The molecule has 1 saturated heterocycles. The molecule has 3 heteroatoms. The average Bonchev–Trinajstić information content (AvgIpc) is 2.40. The number of carbonyl (C=O) groups excluding carboxylic acids is 1. The normalized spacial score (nSPS) is 34.3. The maximum Gasteiger partial charge on any atom is 0.237 e. The Morgan fingerprint density at radius 1 is 1.18 bits per heavy atom. The highest BCUT2D eigenvalue weighted by atomic mass is 16.2. The summed E-state index contributed by atoms with van der Waals surface area (Å²) in [5.74, 6) is 0.950. The standard InChI is InChI=1S/C14H26N2O/c1-2-11-7-3-4-8-12(11)16-14(17)13-9-5-6-10-15-13/h11-13,15H,2-10H2,1H3,(H,16,17)/t11?,12?,13-/m0/s1. The molecule has 1 aliphatic heterocycles. The summed E-state index contributed by atoms with van der Waals surface area (Å²) in [5, 5.41) is 6.62. The lowest BCUT2D eigenvalue weighted by Gasteiger charge is -2.33. The third kappa shape index (κ3) is 3.44. The van der Waals surface area contributed by atoms with E-state index >= 15 is 0 Å². The molecular formula is C14H26N2O. The van der Waals surface area contributed by atoms with E-state index < -0.39 is 0 Å². The molecule has 0 aromatic carbocycles. The number of carbonyl (C=O) groups is 1. The van der Waals surface area contributed by atoms with Crippen molar-refractivity contribution in [2.75, 3.05) is 6.54 Å². The Morgan fingerprint density at radius 2 is 1.94 bits per heavy atom. The molecule has 2 rings (SSSR count). The van der Waals surface area contributed by atoms with Crippen LogP contribution in [0.15, 0.2) is 0 Å². The molecule has 0 bridgehead atoms. The van der Waals surface area contributed by atoms with Gasteiger partial charge in [-0.15, -0.1) is 0 Å². The van der Waals surface area contributed by atoms with Crippen molar-refractivity contribution in [2.45, 2.75) is 70.4 Å². The van der Waals surface area contributed by atoms with Crippen molar-refractivity contribution >= 4 is 5.91 Å². The first-order valence-electron chi connectivity index (χ1n) is 7.35. The molecule has 1 saturated carbocycles. The number of piperidine rings is 1. The lowest BCUT2D eigenvalue weighted by atomic mass is 9.82. The highest BCUT2D eigenvalue weighted by Gasteiger charge is 2.28. The van der Waals surface area contributed by atoms with Crippen LogP contribution in [0.4, 0.5) is 0 Å². The molecule has 3 atom stereocenters. The SMILES string of the molecule is CCC1CCCCC1NC(=O)[C@@H]1CCCCN1. The van der Waals surface area contributed by atoms with Gasteiger partial charge in [0.25, 0.3) is 0 Å². The van der Waals surface area contributed by atoms with Crippen LogP contribution in [-0.4, -0.2) is 24.5 Å². The second kappa shape index (κ2) is 6.39. The van der Waals surface area contributed by atoms with Gasteiger partial charge in [-0.05, 0) is 38.1 Å². The topological polar surface area (TPSA) is 41.1 Å². The van der Waals surface area contributed by atoms with Gasteiger partial charge in [-0.3, -0.25) is 4.79 Å².